The minimum Gasteiger partial charge on any atom is -0.340 e. The third kappa shape index (κ3) is 4.60. The first-order valence-electron chi connectivity index (χ1n) is 10.5. The smallest absolute Gasteiger partial charge is 0.266 e. The Bertz CT molecular complexity index is 1300. The van der Waals surface area contributed by atoms with Crippen molar-refractivity contribution in [3.8, 4) is 5.69 Å². The highest BCUT2D eigenvalue weighted by atomic mass is 32.2. The van der Waals surface area contributed by atoms with E-state index < -0.39 is 5.25 Å². The Balaban J connectivity index is 1.68. The van der Waals surface area contributed by atoms with E-state index in [1.54, 1.807) is 22.6 Å². The van der Waals surface area contributed by atoms with E-state index in [4.69, 9.17) is 4.98 Å². The maximum atomic E-state index is 13.4. The molecule has 32 heavy (non-hydrogen) atoms. The fraction of sp³-hybridized carbons (Fsp3) is 0.192. The summed E-state index contributed by atoms with van der Waals surface area (Å²) in [4.78, 5) is 32.9. The van der Waals surface area contributed by atoms with Crippen LogP contribution in [0.4, 0.5) is 0 Å². The van der Waals surface area contributed by atoms with Gasteiger partial charge in [0, 0.05) is 13.6 Å². The summed E-state index contributed by atoms with van der Waals surface area (Å²) in [5.74, 6) is -0.0169. The summed E-state index contributed by atoms with van der Waals surface area (Å²) in [6.45, 7) is 4.39. The molecule has 0 N–H and O–H groups in total. The molecular weight excluding hydrogens is 418 g/mol. The van der Waals surface area contributed by atoms with Gasteiger partial charge in [0.25, 0.3) is 5.56 Å². The molecule has 0 saturated heterocycles. The lowest BCUT2D eigenvalue weighted by molar-refractivity contribution is -0.129. The Morgan fingerprint density at radius 2 is 1.66 bits per heavy atom. The molecule has 162 valence electrons. The zero-order chi connectivity index (χ0) is 22.7. The van der Waals surface area contributed by atoms with Gasteiger partial charge in [-0.15, -0.1) is 0 Å². The number of nitrogens with zero attached hydrogens (tertiary/aromatic N) is 3. The van der Waals surface area contributed by atoms with Gasteiger partial charge in [-0.2, -0.15) is 0 Å². The number of carbonyl (C=O) groups excluding carboxylic acids is 1. The highest BCUT2D eigenvalue weighted by Crippen LogP contribution is 2.26. The van der Waals surface area contributed by atoms with Crippen molar-refractivity contribution in [3.63, 3.8) is 0 Å². The third-order valence-electron chi connectivity index (χ3n) is 5.31. The number of amides is 1. The fourth-order valence-electron chi connectivity index (χ4n) is 3.57. The summed E-state index contributed by atoms with van der Waals surface area (Å²) in [5.41, 5.74) is 3.40. The van der Waals surface area contributed by atoms with Crippen molar-refractivity contribution in [1.82, 2.24) is 14.5 Å². The van der Waals surface area contributed by atoms with E-state index >= 15 is 0 Å². The molecule has 0 aliphatic rings. The van der Waals surface area contributed by atoms with Gasteiger partial charge in [-0.3, -0.25) is 14.2 Å². The van der Waals surface area contributed by atoms with Crippen molar-refractivity contribution in [3.05, 3.63) is 100 Å². The molecule has 0 spiro atoms. The maximum absolute atomic E-state index is 13.4. The lowest BCUT2D eigenvalue weighted by Crippen LogP contribution is -2.33. The maximum Gasteiger partial charge on any atom is 0.266 e. The number of fused-ring (bicyclic) bond motifs is 1. The molecule has 3 aromatic carbocycles. The fourth-order valence-corrected chi connectivity index (χ4v) is 4.61. The second-order valence-electron chi connectivity index (χ2n) is 7.83. The van der Waals surface area contributed by atoms with E-state index in [0.29, 0.717) is 22.6 Å². The standard InChI is InChI=1S/C26H25N3O2S/c1-18-13-15-21(16-14-18)29-25(31)22-11-7-8-12-23(22)27-26(29)32-19(2)24(30)28(3)17-20-9-5-4-6-10-20/h4-16,19H,17H2,1-3H3. The molecule has 0 radical (unpaired) electrons. The number of hydrogen-bond donors (Lipinski definition) is 0. The molecule has 4 rings (SSSR count). The molecule has 1 heterocycles. The number of aromatic nitrogens is 2. The van der Waals surface area contributed by atoms with Gasteiger partial charge in [-0.25, -0.2) is 4.98 Å². The molecule has 0 aliphatic heterocycles. The zero-order valence-electron chi connectivity index (χ0n) is 18.4. The van der Waals surface area contributed by atoms with E-state index in [9.17, 15) is 9.59 Å². The third-order valence-corrected chi connectivity index (χ3v) is 6.35. The topological polar surface area (TPSA) is 55.2 Å². The largest absolute Gasteiger partial charge is 0.340 e. The number of aryl methyl sites for hydroxylation is 1. The van der Waals surface area contributed by atoms with Crippen LogP contribution in [0.3, 0.4) is 0 Å². The van der Waals surface area contributed by atoms with E-state index in [2.05, 4.69) is 0 Å². The summed E-state index contributed by atoms with van der Waals surface area (Å²) in [6.07, 6.45) is 0. The summed E-state index contributed by atoms with van der Waals surface area (Å²) in [7, 11) is 1.80. The molecule has 0 saturated carbocycles. The monoisotopic (exact) mass is 443 g/mol. The highest BCUT2D eigenvalue weighted by molar-refractivity contribution is 8.00. The van der Waals surface area contributed by atoms with Gasteiger partial charge >= 0.3 is 0 Å². The summed E-state index contributed by atoms with van der Waals surface area (Å²) >= 11 is 1.31. The van der Waals surface area contributed by atoms with Gasteiger partial charge in [0.05, 0.1) is 21.8 Å². The predicted octanol–water partition coefficient (Wildman–Crippen LogP) is 4.83. The molecule has 1 atom stereocenters. The number of hydrogen-bond acceptors (Lipinski definition) is 4. The average Bonchev–Trinajstić information content (AvgIpc) is 2.80. The van der Waals surface area contributed by atoms with E-state index in [-0.39, 0.29) is 11.5 Å². The van der Waals surface area contributed by atoms with Crippen molar-refractivity contribution in [1.29, 1.82) is 0 Å². The lowest BCUT2D eigenvalue weighted by Gasteiger charge is -2.22. The second-order valence-corrected chi connectivity index (χ2v) is 9.14. The van der Waals surface area contributed by atoms with Gasteiger partial charge in [0.1, 0.15) is 0 Å². The van der Waals surface area contributed by atoms with Crippen LogP contribution in [0.15, 0.2) is 88.8 Å². The quantitative estimate of drug-likeness (QED) is 0.316. The predicted molar refractivity (Wildman–Crippen MR) is 130 cm³/mol. The van der Waals surface area contributed by atoms with Gasteiger partial charge < -0.3 is 4.90 Å². The minimum atomic E-state index is -0.409. The van der Waals surface area contributed by atoms with Crippen molar-refractivity contribution in [2.24, 2.45) is 0 Å². The molecule has 1 unspecified atom stereocenters. The molecule has 0 aliphatic carbocycles. The summed E-state index contributed by atoms with van der Waals surface area (Å²) in [5, 5.41) is 0.651. The first kappa shape index (κ1) is 21.8. The van der Waals surface area contributed by atoms with E-state index in [1.807, 2.05) is 86.6 Å². The number of rotatable bonds is 6. The van der Waals surface area contributed by atoms with E-state index in [0.717, 1.165) is 16.8 Å². The van der Waals surface area contributed by atoms with Gasteiger partial charge in [0.2, 0.25) is 5.91 Å². The van der Waals surface area contributed by atoms with Crippen molar-refractivity contribution in [2.45, 2.75) is 30.8 Å². The Hall–Kier alpha value is -3.38. The SMILES string of the molecule is Cc1ccc(-n2c(SC(C)C(=O)N(C)Cc3ccccc3)nc3ccccc3c2=O)cc1. The molecule has 6 heteroatoms. The first-order valence-corrected chi connectivity index (χ1v) is 11.4. The lowest BCUT2D eigenvalue weighted by atomic mass is 10.2. The van der Waals surface area contributed by atoms with Crippen LogP contribution in [0.5, 0.6) is 0 Å². The summed E-state index contributed by atoms with van der Waals surface area (Å²) < 4.78 is 1.60. The average molecular weight is 444 g/mol. The number of carbonyl (C=O) groups is 1. The molecule has 5 nitrogen and oxygen atoms in total. The van der Waals surface area contributed by atoms with Crippen LogP contribution < -0.4 is 5.56 Å². The number of thioether (sulfide) groups is 1. The Morgan fingerprint density at radius 1 is 1.00 bits per heavy atom. The van der Waals surface area contributed by atoms with Crippen molar-refractivity contribution < 1.29 is 4.79 Å². The molecule has 1 aromatic heterocycles. The molecule has 0 bridgehead atoms. The zero-order valence-corrected chi connectivity index (χ0v) is 19.2. The van der Waals surface area contributed by atoms with Crippen LogP contribution in [0.25, 0.3) is 16.6 Å². The Morgan fingerprint density at radius 3 is 2.38 bits per heavy atom. The summed E-state index contributed by atoms with van der Waals surface area (Å²) in [6, 6.07) is 24.9. The number of para-hydroxylation sites is 1. The van der Waals surface area contributed by atoms with Crippen LogP contribution in [0.1, 0.15) is 18.1 Å². The van der Waals surface area contributed by atoms with Crippen LogP contribution in [0.2, 0.25) is 0 Å². The van der Waals surface area contributed by atoms with Gasteiger partial charge in [-0.1, -0.05) is 71.9 Å². The Kier molecular flexibility index (Phi) is 6.42. The molecule has 1 amide bonds. The van der Waals surface area contributed by atoms with Crippen LogP contribution in [-0.4, -0.2) is 32.7 Å². The number of benzene rings is 3. The molecular formula is C26H25N3O2S. The van der Waals surface area contributed by atoms with Crippen LogP contribution >= 0.6 is 11.8 Å². The van der Waals surface area contributed by atoms with Crippen LogP contribution in [0, 0.1) is 6.92 Å². The van der Waals surface area contributed by atoms with Crippen molar-refractivity contribution in [2.75, 3.05) is 7.05 Å². The molecule has 0 fully saturated rings. The first-order chi connectivity index (χ1) is 15.4. The van der Waals surface area contributed by atoms with Crippen molar-refractivity contribution >= 4 is 28.6 Å². The molecule has 4 aromatic rings. The van der Waals surface area contributed by atoms with Gasteiger partial charge in [0.15, 0.2) is 5.16 Å². The van der Waals surface area contributed by atoms with Crippen LogP contribution in [-0.2, 0) is 11.3 Å². The minimum absolute atomic E-state index is 0.0169. The van der Waals surface area contributed by atoms with E-state index in [1.165, 1.54) is 11.8 Å². The normalized spacial score (nSPS) is 12.0. The Labute approximate surface area is 191 Å². The second kappa shape index (κ2) is 9.40. The highest BCUT2D eigenvalue weighted by Gasteiger charge is 2.23. The van der Waals surface area contributed by atoms with Gasteiger partial charge in [-0.05, 0) is 43.7 Å².